The maximum absolute atomic E-state index is 9.41. The van der Waals surface area contributed by atoms with Crippen LogP contribution in [0.4, 0.5) is 0 Å². The number of nitrogens with zero attached hydrogens (tertiary/aromatic N) is 4. The lowest BCUT2D eigenvalue weighted by molar-refractivity contribution is 0.102. The second kappa shape index (κ2) is 7.60. The highest BCUT2D eigenvalue weighted by Crippen LogP contribution is 2.40. The Morgan fingerprint density at radius 1 is 1.03 bits per heavy atom. The first-order valence-electron chi connectivity index (χ1n) is 9.52. The van der Waals surface area contributed by atoms with E-state index in [-0.39, 0.29) is 0 Å². The molecule has 3 aromatic heterocycles. The lowest BCUT2D eigenvalue weighted by Gasteiger charge is -2.07. The van der Waals surface area contributed by atoms with Crippen molar-refractivity contribution in [3.05, 3.63) is 48.9 Å². The molecule has 9 heteroatoms. The number of aromatic nitrogens is 4. The Labute approximate surface area is 181 Å². The molecule has 0 radical (unpaired) electrons. The molecule has 0 aliphatic carbocycles. The van der Waals surface area contributed by atoms with Crippen LogP contribution >= 0.6 is 11.3 Å². The zero-order valence-electron chi connectivity index (χ0n) is 17.2. The topological polar surface area (TPSA) is 83.6 Å². The third-order valence-corrected chi connectivity index (χ3v) is 6.16. The van der Waals surface area contributed by atoms with E-state index in [0.29, 0.717) is 27.4 Å². The molecule has 0 aliphatic rings. The number of rotatable bonds is 6. The molecule has 0 amide bonds. The first-order valence-corrected chi connectivity index (χ1v) is 10.3. The van der Waals surface area contributed by atoms with E-state index in [2.05, 4.69) is 27.8 Å². The molecule has 0 unspecified atom stereocenters. The first kappa shape index (κ1) is 19.4. The Morgan fingerprint density at radius 3 is 2.61 bits per heavy atom. The number of imidazole rings is 1. The van der Waals surface area contributed by atoms with Crippen LogP contribution in [-0.4, -0.2) is 45.2 Å². The van der Waals surface area contributed by atoms with Crippen LogP contribution in [0.15, 0.2) is 48.9 Å². The van der Waals surface area contributed by atoms with Crippen molar-refractivity contribution in [1.82, 2.24) is 19.1 Å². The summed E-state index contributed by atoms with van der Waals surface area (Å²) in [6, 6.07) is 11.9. The number of fused-ring (bicyclic) bond motifs is 2. The van der Waals surface area contributed by atoms with E-state index in [0.717, 1.165) is 27.5 Å². The quantitative estimate of drug-likeness (QED) is 0.405. The monoisotopic (exact) mass is 436 g/mol. The lowest BCUT2D eigenvalue weighted by Crippen LogP contribution is -1.94. The van der Waals surface area contributed by atoms with E-state index in [4.69, 9.17) is 19.2 Å². The fraction of sp³-hybridized carbons (Fsp3) is 0.182. The van der Waals surface area contributed by atoms with E-state index < -0.39 is 6.79 Å². The van der Waals surface area contributed by atoms with Crippen LogP contribution < -0.4 is 14.2 Å². The van der Waals surface area contributed by atoms with Crippen molar-refractivity contribution >= 4 is 33.3 Å². The number of methoxy groups -OCH3 is 2. The van der Waals surface area contributed by atoms with Crippen molar-refractivity contribution in [2.24, 2.45) is 7.05 Å². The lowest BCUT2D eigenvalue weighted by atomic mass is 10.1. The zero-order chi connectivity index (χ0) is 21.5. The molecule has 2 aromatic carbocycles. The molecule has 0 spiro atoms. The molecule has 158 valence electrons. The molecule has 5 rings (SSSR count). The van der Waals surface area contributed by atoms with Crippen LogP contribution in [0.5, 0.6) is 16.6 Å². The predicted octanol–water partition coefficient (Wildman–Crippen LogP) is 3.99. The third-order valence-electron chi connectivity index (χ3n) is 5.20. The molecule has 0 saturated heterocycles. The van der Waals surface area contributed by atoms with Crippen molar-refractivity contribution in [2.45, 2.75) is 0 Å². The molecule has 0 fully saturated rings. The van der Waals surface area contributed by atoms with Gasteiger partial charge in [-0.05, 0) is 18.2 Å². The van der Waals surface area contributed by atoms with Crippen molar-refractivity contribution in [3.63, 3.8) is 0 Å². The van der Waals surface area contributed by atoms with Crippen LogP contribution in [0.25, 0.3) is 38.3 Å². The van der Waals surface area contributed by atoms with Gasteiger partial charge >= 0.3 is 0 Å². The molecular formula is C22H20N4O4S. The molecule has 1 N–H and O–H groups in total. The van der Waals surface area contributed by atoms with Gasteiger partial charge in [-0.2, -0.15) is 0 Å². The normalized spacial score (nSPS) is 11.4. The number of aryl methyl sites for hydroxylation is 1. The second-order valence-electron chi connectivity index (χ2n) is 6.92. The largest absolute Gasteiger partial charge is 0.493 e. The number of hydrogen-bond acceptors (Lipinski definition) is 7. The first-order chi connectivity index (χ1) is 15.1. The molecule has 31 heavy (non-hydrogen) atoms. The summed E-state index contributed by atoms with van der Waals surface area (Å²) in [4.78, 5) is 9.31. The number of ether oxygens (including phenoxy) is 3. The van der Waals surface area contributed by atoms with Crippen molar-refractivity contribution in [2.75, 3.05) is 21.0 Å². The van der Waals surface area contributed by atoms with Crippen LogP contribution in [-0.2, 0) is 7.05 Å². The van der Waals surface area contributed by atoms with Crippen LogP contribution in [0.1, 0.15) is 0 Å². The van der Waals surface area contributed by atoms with Crippen molar-refractivity contribution in [3.8, 4) is 33.0 Å². The fourth-order valence-corrected chi connectivity index (χ4v) is 4.57. The van der Waals surface area contributed by atoms with Gasteiger partial charge in [-0.25, -0.2) is 9.97 Å². The van der Waals surface area contributed by atoms with Gasteiger partial charge in [0.25, 0.3) is 0 Å². The Kier molecular flexibility index (Phi) is 4.76. The number of benzene rings is 2. The Balaban J connectivity index is 1.65. The average molecular weight is 436 g/mol. The van der Waals surface area contributed by atoms with Gasteiger partial charge in [-0.15, -0.1) is 0 Å². The van der Waals surface area contributed by atoms with Gasteiger partial charge in [0, 0.05) is 41.8 Å². The molecule has 3 heterocycles. The van der Waals surface area contributed by atoms with Gasteiger partial charge in [0.2, 0.25) is 5.06 Å². The minimum absolute atomic E-state index is 0.433. The summed E-state index contributed by atoms with van der Waals surface area (Å²) in [5.41, 5.74) is 4.29. The smallest absolute Gasteiger partial charge is 0.206 e. The Bertz CT molecular complexity index is 1400. The van der Waals surface area contributed by atoms with Gasteiger partial charge in [0.05, 0.1) is 25.3 Å². The van der Waals surface area contributed by atoms with Crippen LogP contribution in [0.3, 0.4) is 0 Å². The minimum Gasteiger partial charge on any atom is -0.493 e. The summed E-state index contributed by atoms with van der Waals surface area (Å²) < 4.78 is 20.3. The van der Waals surface area contributed by atoms with Gasteiger partial charge in [0.15, 0.2) is 23.4 Å². The predicted molar refractivity (Wildman–Crippen MR) is 119 cm³/mol. The number of hydrogen-bond donors (Lipinski definition) is 1. The average Bonchev–Trinajstić information content (AvgIpc) is 3.49. The van der Waals surface area contributed by atoms with E-state index in [9.17, 15) is 5.11 Å². The van der Waals surface area contributed by atoms with Crippen LogP contribution in [0, 0.1) is 0 Å². The second-order valence-corrected chi connectivity index (χ2v) is 7.86. The van der Waals surface area contributed by atoms with Crippen molar-refractivity contribution in [1.29, 1.82) is 0 Å². The SMILES string of the molecule is COc1cc2ncn(-c3nc(-c4ccc5c(ccn5C)c4)c(OCO)s3)c2cc1OC. The zero-order valence-corrected chi connectivity index (χ0v) is 18.0. The number of aliphatic hydroxyl groups excluding tert-OH is 1. The molecule has 0 bridgehead atoms. The standard InChI is InChI=1S/C22H20N4O4S/c1-25-7-6-13-8-14(4-5-16(13)25)20-21(30-12-27)31-22(24-20)26-11-23-15-9-18(28-2)19(29-3)10-17(15)26/h4-11,27H,12H2,1-3H3. The van der Waals surface area contributed by atoms with E-state index in [1.807, 2.05) is 36.0 Å². The summed E-state index contributed by atoms with van der Waals surface area (Å²) in [5, 5.41) is 11.7. The Hall–Kier alpha value is -3.56. The maximum Gasteiger partial charge on any atom is 0.206 e. The number of aliphatic hydroxyl groups is 1. The summed E-state index contributed by atoms with van der Waals surface area (Å²) >= 11 is 1.34. The van der Waals surface area contributed by atoms with Gasteiger partial charge in [-0.3, -0.25) is 4.57 Å². The third kappa shape index (κ3) is 3.18. The van der Waals surface area contributed by atoms with Crippen molar-refractivity contribution < 1.29 is 19.3 Å². The fourth-order valence-electron chi connectivity index (χ4n) is 3.65. The maximum atomic E-state index is 9.41. The highest BCUT2D eigenvalue weighted by atomic mass is 32.1. The summed E-state index contributed by atoms with van der Waals surface area (Å²) in [6.07, 6.45) is 3.72. The summed E-state index contributed by atoms with van der Waals surface area (Å²) in [6.45, 7) is -0.433. The minimum atomic E-state index is -0.433. The van der Waals surface area contributed by atoms with Gasteiger partial charge < -0.3 is 23.9 Å². The highest BCUT2D eigenvalue weighted by Gasteiger charge is 2.19. The summed E-state index contributed by atoms with van der Waals surface area (Å²) in [5.74, 6) is 1.22. The summed E-state index contributed by atoms with van der Waals surface area (Å²) in [7, 11) is 5.20. The molecule has 5 aromatic rings. The highest BCUT2D eigenvalue weighted by molar-refractivity contribution is 7.16. The number of thiazole rings is 1. The molecular weight excluding hydrogens is 416 g/mol. The molecule has 0 aliphatic heterocycles. The van der Waals surface area contributed by atoms with E-state index >= 15 is 0 Å². The molecule has 8 nitrogen and oxygen atoms in total. The van der Waals surface area contributed by atoms with E-state index in [1.165, 1.54) is 11.3 Å². The molecule has 0 atom stereocenters. The molecule has 0 saturated carbocycles. The Morgan fingerprint density at radius 2 is 1.84 bits per heavy atom. The van der Waals surface area contributed by atoms with Crippen LogP contribution in [0.2, 0.25) is 0 Å². The van der Waals surface area contributed by atoms with Gasteiger partial charge in [-0.1, -0.05) is 17.4 Å². The van der Waals surface area contributed by atoms with E-state index in [1.54, 1.807) is 20.5 Å². The van der Waals surface area contributed by atoms with Gasteiger partial charge in [0.1, 0.15) is 12.0 Å².